The Balaban J connectivity index is 1.67. The molecule has 6 heteroatoms. The quantitative estimate of drug-likeness (QED) is 0.812. The van der Waals surface area contributed by atoms with Gasteiger partial charge in [-0.2, -0.15) is 0 Å². The van der Waals surface area contributed by atoms with E-state index in [0.29, 0.717) is 31.7 Å². The molecule has 2 aromatic rings. The zero-order valence-corrected chi connectivity index (χ0v) is 15.2. The lowest BCUT2D eigenvalue weighted by Gasteiger charge is -2.29. The second kappa shape index (κ2) is 9.19. The van der Waals surface area contributed by atoms with Crippen molar-refractivity contribution < 1.29 is 19.4 Å². The summed E-state index contributed by atoms with van der Waals surface area (Å²) in [5, 5.41) is 9.18. The van der Waals surface area contributed by atoms with Gasteiger partial charge in [0.15, 0.2) is 0 Å². The van der Waals surface area contributed by atoms with Crippen LogP contribution in [-0.4, -0.2) is 61.3 Å². The number of amides is 1. The molecule has 0 aromatic heterocycles. The Hall–Kier alpha value is -2.86. The summed E-state index contributed by atoms with van der Waals surface area (Å²) in [4.78, 5) is 27.6. The Labute approximate surface area is 159 Å². The predicted molar refractivity (Wildman–Crippen MR) is 103 cm³/mol. The van der Waals surface area contributed by atoms with Gasteiger partial charge in [0.1, 0.15) is 6.54 Å². The first kappa shape index (κ1) is 18.9. The van der Waals surface area contributed by atoms with Crippen molar-refractivity contribution in [3.63, 3.8) is 0 Å². The third-order valence-electron chi connectivity index (χ3n) is 4.62. The van der Waals surface area contributed by atoms with Crippen LogP contribution in [0.25, 0.3) is 0 Å². The van der Waals surface area contributed by atoms with Crippen LogP contribution in [0.3, 0.4) is 0 Å². The van der Waals surface area contributed by atoms with Crippen molar-refractivity contribution in [1.29, 1.82) is 0 Å². The highest BCUT2D eigenvalue weighted by Gasteiger charge is 2.19. The Morgan fingerprint density at radius 2 is 1.67 bits per heavy atom. The van der Waals surface area contributed by atoms with Crippen molar-refractivity contribution in [2.45, 2.75) is 6.42 Å². The van der Waals surface area contributed by atoms with Crippen molar-refractivity contribution >= 4 is 17.6 Å². The predicted octanol–water partition coefficient (Wildman–Crippen LogP) is 2.29. The van der Waals surface area contributed by atoms with Gasteiger partial charge in [0, 0.05) is 30.9 Å². The second-order valence-corrected chi connectivity index (χ2v) is 6.50. The minimum Gasteiger partial charge on any atom is -0.480 e. The Kier molecular flexibility index (Phi) is 6.44. The van der Waals surface area contributed by atoms with Crippen molar-refractivity contribution in [3.8, 4) is 0 Å². The van der Waals surface area contributed by atoms with E-state index in [0.717, 1.165) is 24.3 Å². The molecule has 1 amide bonds. The van der Waals surface area contributed by atoms with E-state index in [9.17, 15) is 14.7 Å². The fraction of sp³-hybridized carbons (Fsp3) is 0.333. The molecular weight excluding hydrogens is 344 g/mol. The second-order valence-electron chi connectivity index (χ2n) is 6.50. The first-order valence-electron chi connectivity index (χ1n) is 9.11. The Bertz CT molecular complexity index is 756. The Morgan fingerprint density at radius 1 is 1.00 bits per heavy atom. The molecule has 1 aliphatic rings. The molecular formula is C21H24N2O4. The number of hydrogen-bond acceptors (Lipinski definition) is 4. The number of nitrogens with zero attached hydrogens (tertiary/aromatic N) is 2. The molecule has 1 saturated heterocycles. The number of carboxylic acid groups (broad SMARTS) is 1. The van der Waals surface area contributed by atoms with E-state index in [1.807, 2.05) is 42.5 Å². The van der Waals surface area contributed by atoms with Crippen LogP contribution in [-0.2, 0) is 16.0 Å². The molecule has 1 fully saturated rings. The smallest absolute Gasteiger partial charge is 0.323 e. The third kappa shape index (κ3) is 5.31. The molecule has 2 aromatic carbocycles. The van der Waals surface area contributed by atoms with Gasteiger partial charge in [-0.25, -0.2) is 0 Å². The van der Waals surface area contributed by atoms with Crippen LogP contribution in [0.15, 0.2) is 54.6 Å². The maximum absolute atomic E-state index is 12.8. The van der Waals surface area contributed by atoms with Gasteiger partial charge in [-0.1, -0.05) is 30.3 Å². The van der Waals surface area contributed by atoms with Crippen LogP contribution >= 0.6 is 0 Å². The van der Waals surface area contributed by atoms with Crippen LogP contribution in [0.5, 0.6) is 0 Å². The van der Waals surface area contributed by atoms with Crippen LogP contribution in [0.4, 0.5) is 5.69 Å². The summed E-state index contributed by atoms with van der Waals surface area (Å²) in [6, 6.07) is 17.1. The molecule has 0 atom stereocenters. The highest BCUT2D eigenvalue weighted by molar-refractivity contribution is 5.96. The monoisotopic (exact) mass is 368 g/mol. The highest BCUT2D eigenvalue weighted by Crippen LogP contribution is 2.18. The third-order valence-corrected chi connectivity index (χ3v) is 4.62. The van der Waals surface area contributed by atoms with Crippen LogP contribution < -0.4 is 4.90 Å². The van der Waals surface area contributed by atoms with E-state index < -0.39 is 5.97 Å². The lowest BCUT2D eigenvalue weighted by atomic mass is 10.1. The van der Waals surface area contributed by atoms with Gasteiger partial charge >= 0.3 is 5.97 Å². The first-order chi connectivity index (χ1) is 13.1. The molecule has 27 heavy (non-hydrogen) atoms. The minimum atomic E-state index is -1.01. The average molecular weight is 368 g/mol. The van der Waals surface area contributed by atoms with E-state index in [4.69, 9.17) is 4.74 Å². The van der Waals surface area contributed by atoms with Gasteiger partial charge < -0.3 is 19.6 Å². The zero-order valence-electron chi connectivity index (χ0n) is 15.2. The average Bonchev–Trinajstić information content (AvgIpc) is 2.72. The lowest BCUT2D eigenvalue weighted by Crippen LogP contribution is -2.37. The molecule has 0 unspecified atom stereocenters. The summed E-state index contributed by atoms with van der Waals surface area (Å²) in [6.45, 7) is 3.11. The van der Waals surface area contributed by atoms with Crippen LogP contribution in [0.2, 0.25) is 0 Å². The molecule has 3 rings (SSSR count). The molecule has 0 saturated carbocycles. The zero-order chi connectivity index (χ0) is 19.1. The molecule has 1 heterocycles. The number of ether oxygens (including phenoxy) is 1. The SMILES string of the molecule is O=C(O)CN(CCc1ccccc1)C(=O)c1ccc(N2CCOCC2)cc1. The number of carboxylic acids is 1. The number of aliphatic carboxylic acids is 1. The van der Waals surface area contributed by atoms with Gasteiger partial charge in [0.2, 0.25) is 0 Å². The standard InChI is InChI=1S/C21H24N2O4/c24-20(25)16-23(11-10-17-4-2-1-3-5-17)21(26)18-6-8-19(9-7-18)22-12-14-27-15-13-22/h1-9H,10-16H2,(H,24,25). The number of rotatable bonds is 7. The van der Waals surface area contributed by atoms with Gasteiger partial charge in [-0.15, -0.1) is 0 Å². The Morgan fingerprint density at radius 3 is 2.30 bits per heavy atom. The summed E-state index contributed by atoms with van der Waals surface area (Å²) < 4.78 is 5.36. The molecule has 0 bridgehead atoms. The van der Waals surface area contributed by atoms with E-state index in [1.54, 1.807) is 12.1 Å². The van der Waals surface area contributed by atoms with E-state index in [-0.39, 0.29) is 12.5 Å². The molecule has 6 nitrogen and oxygen atoms in total. The number of morpholine rings is 1. The molecule has 0 spiro atoms. The fourth-order valence-corrected chi connectivity index (χ4v) is 3.14. The van der Waals surface area contributed by atoms with E-state index in [2.05, 4.69) is 4.90 Å². The molecule has 0 radical (unpaired) electrons. The molecule has 1 aliphatic heterocycles. The summed E-state index contributed by atoms with van der Waals surface area (Å²) >= 11 is 0. The van der Waals surface area contributed by atoms with E-state index >= 15 is 0 Å². The number of carbonyl (C=O) groups is 2. The molecule has 1 N–H and O–H groups in total. The number of hydrogen-bond donors (Lipinski definition) is 1. The maximum Gasteiger partial charge on any atom is 0.323 e. The lowest BCUT2D eigenvalue weighted by molar-refractivity contribution is -0.137. The topological polar surface area (TPSA) is 70.1 Å². The molecule has 0 aliphatic carbocycles. The van der Waals surface area contributed by atoms with Crippen molar-refractivity contribution in [1.82, 2.24) is 4.90 Å². The van der Waals surface area contributed by atoms with Gasteiger partial charge in [-0.05, 0) is 36.2 Å². The number of benzene rings is 2. The summed E-state index contributed by atoms with van der Waals surface area (Å²) in [7, 11) is 0. The minimum absolute atomic E-state index is 0.262. The number of carbonyl (C=O) groups excluding carboxylic acids is 1. The summed E-state index contributed by atoms with van der Waals surface area (Å²) in [5.74, 6) is -1.27. The molecule has 142 valence electrons. The first-order valence-corrected chi connectivity index (χ1v) is 9.11. The largest absolute Gasteiger partial charge is 0.480 e. The van der Waals surface area contributed by atoms with Crippen LogP contribution in [0, 0.1) is 0 Å². The fourth-order valence-electron chi connectivity index (χ4n) is 3.14. The van der Waals surface area contributed by atoms with Gasteiger partial charge in [0.05, 0.1) is 13.2 Å². The van der Waals surface area contributed by atoms with Crippen molar-refractivity contribution in [3.05, 3.63) is 65.7 Å². The number of anilines is 1. The van der Waals surface area contributed by atoms with E-state index in [1.165, 1.54) is 4.90 Å². The maximum atomic E-state index is 12.8. The van der Waals surface area contributed by atoms with Gasteiger partial charge in [-0.3, -0.25) is 9.59 Å². The van der Waals surface area contributed by atoms with Crippen LogP contribution in [0.1, 0.15) is 15.9 Å². The van der Waals surface area contributed by atoms with Crippen molar-refractivity contribution in [2.24, 2.45) is 0 Å². The van der Waals surface area contributed by atoms with Gasteiger partial charge in [0.25, 0.3) is 5.91 Å². The normalized spacial score (nSPS) is 14.0. The highest BCUT2D eigenvalue weighted by atomic mass is 16.5. The summed E-state index contributed by atoms with van der Waals surface area (Å²) in [6.07, 6.45) is 0.617. The van der Waals surface area contributed by atoms with Crippen molar-refractivity contribution in [2.75, 3.05) is 44.3 Å². The summed E-state index contributed by atoms with van der Waals surface area (Å²) in [5.41, 5.74) is 2.62.